The number of hydrogen-bond acceptors (Lipinski definition) is 3. The second-order valence-electron chi connectivity index (χ2n) is 5.89. The number of hydrogen-bond donors (Lipinski definition) is 1. The number of unbranched alkanes of at least 4 members (excludes halogenated alkanes) is 2. The molecule has 3 aromatic rings. The van der Waals surface area contributed by atoms with Gasteiger partial charge in [0.2, 0.25) is 0 Å². The van der Waals surface area contributed by atoms with Crippen molar-refractivity contribution in [1.82, 2.24) is 14.5 Å². The van der Waals surface area contributed by atoms with Gasteiger partial charge in [-0.15, -0.1) is 11.6 Å². The summed E-state index contributed by atoms with van der Waals surface area (Å²) in [5.74, 6) is 2.33. The van der Waals surface area contributed by atoms with Gasteiger partial charge >= 0.3 is 0 Å². The summed E-state index contributed by atoms with van der Waals surface area (Å²) in [5.41, 5.74) is 9.06. The maximum atomic E-state index is 6.18. The molecule has 0 saturated carbocycles. The predicted molar refractivity (Wildman–Crippen MR) is 98.0 cm³/mol. The summed E-state index contributed by atoms with van der Waals surface area (Å²) in [7, 11) is 0. The molecule has 1 aromatic carbocycles. The highest BCUT2D eigenvalue weighted by Crippen LogP contribution is 2.29. The van der Waals surface area contributed by atoms with Crippen LogP contribution in [0.5, 0.6) is 0 Å². The lowest BCUT2D eigenvalue weighted by molar-refractivity contribution is 0.606. The van der Waals surface area contributed by atoms with E-state index in [2.05, 4.69) is 22.5 Å². The van der Waals surface area contributed by atoms with Crippen LogP contribution in [0, 0.1) is 0 Å². The summed E-state index contributed by atoms with van der Waals surface area (Å²) in [6.45, 7) is 3.13. The second-order valence-corrected chi connectivity index (χ2v) is 6.27. The van der Waals surface area contributed by atoms with Crippen molar-refractivity contribution in [2.24, 2.45) is 0 Å². The molecule has 0 atom stereocenters. The Kier molecular flexibility index (Phi) is 5.01. The molecule has 0 bridgehead atoms. The number of para-hydroxylation sites is 1. The molecular weight excluding hydrogens is 308 g/mol. The van der Waals surface area contributed by atoms with E-state index >= 15 is 0 Å². The quantitative estimate of drug-likeness (QED) is 0.511. The van der Waals surface area contributed by atoms with Crippen LogP contribution in [0.3, 0.4) is 0 Å². The fourth-order valence-corrected chi connectivity index (χ4v) is 3.22. The Morgan fingerprint density at radius 2 is 1.96 bits per heavy atom. The summed E-state index contributed by atoms with van der Waals surface area (Å²) in [5, 5.41) is 1.12. The fraction of sp³-hybridized carbons (Fsp3) is 0.444. The fourth-order valence-electron chi connectivity index (χ4n) is 3.04. The molecule has 2 aromatic heterocycles. The molecule has 23 heavy (non-hydrogen) atoms. The van der Waals surface area contributed by atoms with Gasteiger partial charge < -0.3 is 10.3 Å². The van der Waals surface area contributed by atoms with Crippen LogP contribution < -0.4 is 5.73 Å². The third-order valence-corrected chi connectivity index (χ3v) is 4.48. The number of nitrogens with two attached hydrogens (primary N) is 1. The first-order valence-electron chi connectivity index (χ1n) is 8.35. The Labute approximate surface area is 141 Å². The van der Waals surface area contributed by atoms with Crippen LogP contribution in [0.1, 0.15) is 38.4 Å². The number of pyridine rings is 1. The summed E-state index contributed by atoms with van der Waals surface area (Å²) in [6, 6.07) is 8.15. The number of imidazole rings is 1. The third kappa shape index (κ3) is 3.13. The van der Waals surface area contributed by atoms with Gasteiger partial charge in [0, 0.05) is 24.2 Å². The van der Waals surface area contributed by atoms with E-state index in [0.29, 0.717) is 11.7 Å². The standard InChI is InChI=1S/C18H23ClN4/c1-2-3-10-15-22-16-17(23(15)12-7-6-11-19)13-8-4-5-9-14(13)21-18(16)20/h4-5,8-9H,2-3,6-7,10-12H2,1H3,(H2,20,21). The number of halogens is 1. The zero-order valence-corrected chi connectivity index (χ0v) is 14.3. The number of fused-ring (bicyclic) bond motifs is 3. The van der Waals surface area contributed by atoms with E-state index in [1.165, 1.54) is 0 Å². The van der Waals surface area contributed by atoms with E-state index in [9.17, 15) is 0 Å². The Bertz CT molecular complexity index is 809. The van der Waals surface area contributed by atoms with Crippen LogP contribution in [0.25, 0.3) is 21.9 Å². The van der Waals surface area contributed by atoms with Crippen molar-refractivity contribution < 1.29 is 0 Å². The van der Waals surface area contributed by atoms with Gasteiger partial charge in [-0.2, -0.15) is 0 Å². The van der Waals surface area contributed by atoms with E-state index in [1.54, 1.807) is 0 Å². The highest BCUT2D eigenvalue weighted by atomic mass is 35.5. The van der Waals surface area contributed by atoms with E-state index in [1.807, 2.05) is 18.2 Å². The van der Waals surface area contributed by atoms with Crippen molar-refractivity contribution in [2.45, 2.75) is 45.6 Å². The second kappa shape index (κ2) is 7.18. The van der Waals surface area contributed by atoms with E-state index in [0.717, 1.165) is 66.4 Å². The Hall–Kier alpha value is -1.81. The summed E-state index contributed by atoms with van der Waals surface area (Å²) in [6.07, 6.45) is 5.31. The smallest absolute Gasteiger partial charge is 0.152 e. The lowest BCUT2D eigenvalue weighted by atomic mass is 10.2. The summed E-state index contributed by atoms with van der Waals surface area (Å²) >= 11 is 5.85. The lowest BCUT2D eigenvalue weighted by Gasteiger charge is -2.10. The zero-order valence-electron chi connectivity index (χ0n) is 13.6. The maximum absolute atomic E-state index is 6.18. The van der Waals surface area contributed by atoms with Gasteiger partial charge in [-0.3, -0.25) is 0 Å². The molecule has 0 fully saturated rings. The first kappa shape index (κ1) is 16.1. The number of alkyl halides is 1. The Morgan fingerprint density at radius 3 is 2.74 bits per heavy atom. The molecule has 0 saturated heterocycles. The molecule has 0 aliphatic rings. The van der Waals surface area contributed by atoms with Crippen LogP contribution in [-0.2, 0) is 13.0 Å². The SMILES string of the molecule is CCCCc1nc2c(N)nc3ccccc3c2n1CCCCCl. The van der Waals surface area contributed by atoms with Crippen LogP contribution >= 0.6 is 11.6 Å². The first-order valence-corrected chi connectivity index (χ1v) is 8.89. The molecular formula is C18H23ClN4. The van der Waals surface area contributed by atoms with Crippen molar-refractivity contribution in [3.05, 3.63) is 30.1 Å². The van der Waals surface area contributed by atoms with Crippen molar-refractivity contribution in [3.63, 3.8) is 0 Å². The van der Waals surface area contributed by atoms with Gasteiger partial charge in [-0.25, -0.2) is 9.97 Å². The Morgan fingerprint density at radius 1 is 1.13 bits per heavy atom. The molecule has 0 unspecified atom stereocenters. The topological polar surface area (TPSA) is 56.7 Å². The number of aryl methyl sites for hydroxylation is 2. The van der Waals surface area contributed by atoms with Crippen LogP contribution in [-0.4, -0.2) is 20.4 Å². The molecule has 2 heterocycles. The molecule has 4 nitrogen and oxygen atoms in total. The molecule has 0 aliphatic heterocycles. The predicted octanol–water partition coefficient (Wildman–Crippen LogP) is 4.53. The number of aromatic nitrogens is 3. The molecule has 0 radical (unpaired) electrons. The number of nitrogens with zero attached hydrogens (tertiary/aromatic N) is 3. The normalized spacial score (nSPS) is 11.6. The molecule has 0 spiro atoms. The van der Waals surface area contributed by atoms with E-state index in [4.69, 9.17) is 22.3 Å². The Balaban J connectivity index is 2.19. The van der Waals surface area contributed by atoms with Gasteiger partial charge in [0.05, 0.1) is 11.0 Å². The van der Waals surface area contributed by atoms with Crippen molar-refractivity contribution in [2.75, 3.05) is 11.6 Å². The third-order valence-electron chi connectivity index (χ3n) is 4.21. The van der Waals surface area contributed by atoms with Gasteiger partial charge in [0.15, 0.2) is 5.82 Å². The minimum Gasteiger partial charge on any atom is -0.382 e. The zero-order chi connectivity index (χ0) is 16.2. The van der Waals surface area contributed by atoms with Gasteiger partial charge in [0.25, 0.3) is 0 Å². The summed E-state index contributed by atoms with van der Waals surface area (Å²) in [4.78, 5) is 9.34. The highest BCUT2D eigenvalue weighted by Gasteiger charge is 2.16. The number of nitrogen functional groups attached to an aromatic ring is 1. The van der Waals surface area contributed by atoms with Gasteiger partial charge in [-0.05, 0) is 25.3 Å². The minimum atomic E-state index is 0.521. The number of benzene rings is 1. The van der Waals surface area contributed by atoms with E-state index < -0.39 is 0 Å². The van der Waals surface area contributed by atoms with Crippen LogP contribution in [0.15, 0.2) is 24.3 Å². The number of anilines is 1. The van der Waals surface area contributed by atoms with Gasteiger partial charge in [-0.1, -0.05) is 31.5 Å². The molecule has 0 amide bonds. The van der Waals surface area contributed by atoms with Crippen molar-refractivity contribution in [1.29, 1.82) is 0 Å². The van der Waals surface area contributed by atoms with Crippen LogP contribution in [0.2, 0.25) is 0 Å². The van der Waals surface area contributed by atoms with E-state index in [-0.39, 0.29) is 0 Å². The van der Waals surface area contributed by atoms with Crippen LogP contribution in [0.4, 0.5) is 5.82 Å². The monoisotopic (exact) mass is 330 g/mol. The molecule has 0 aliphatic carbocycles. The first-order chi connectivity index (χ1) is 11.3. The molecule has 122 valence electrons. The van der Waals surface area contributed by atoms with Crippen molar-refractivity contribution >= 4 is 39.4 Å². The molecule has 3 rings (SSSR count). The maximum Gasteiger partial charge on any atom is 0.152 e. The largest absolute Gasteiger partial charge is 0.382 e. The minimum absolute atomic E-state index is 0.521. The number of rotatable bonds is 7. The summed E-state index contributed by atoms with van der Waals surface area (Å²) < 4.78 is 2.33. The van der Waals surface area contributed by atoms with Crippen molar-refractivity contribution in [3.8, 4) is 0 Å². The molecule has 5 heteroatoms. The lowest BCUT2D eigenvalue weighted by Crippen LogP contribution is -2.05. The average molecular weight is 331 g/mol. The van der Waals surface area contributed by atoms with Gasteiger partial charge in [0.1, 0.15) is 11.3 Å². The highest BCUT2D eigenvalue weighted by molar-refractivity contribution is 6.17. The average Bonchev–Trinajstić information content (AvgIpc) is 2.93. The molecule has 2 N–H and O–H groups in total.